The zero-order valence-electron chi connectivity index (χ0n) is 19.5. The molecule has 0 aromatic heterocycles. The third-order valence-electron chi connectivity index (χ3n) is 5.49. The molecule has 2 amide bonds. The molecule has 37 heavy (non-hydrogen) atoms. The van der Waals surface area contributed by atoms with Crippen LogP contribution in [-0.4, -0.2) is 17.5 Å². The number of carbonyl (C=O) groups is 1. The monoisotopic (exact) mass is 562 g/mol. The van der Waals surface area contributed by atoms with Crippen molar-refractivity contribution in [2.45, 2.75) is 38.7 Å². The summed E-state index contributed by atoms with van der Waals surface area (Å²) in [6, 6.07) is 13.5. The Morgan fingerprint density at radius 3 is 1.70 bits per heavy atom. The number of unbranched alkanes of at least 4 members (excludes halogenated alkanes) is 1. The molecule has 0 aliphatic heterocycles. The average Bonchev–Trinajstić information content (AvgIpc) is 2.83. The number of alkyl halides is 6. The molecule has 0 saturated carbocycles. The lowest BCUT2D eigenvalue weighted by Crippen LogP contribution is -2.41. The maximum absolute atomic E-state index is 13.9. The van der Waals surface area contributed by atoms with Crippen LogP contribution in [0.4, 0.5) is 42.5 Å². The lowest BCUT2D eigenvalue weighted by Gasteiger charge is -2.32. The molecule has 198 valence electrons. The van der Waals surface area contributed by atoms with Gasteiger partial charge >= 0.3 is 18.4 Å². The normalized spacial score (nSPS) is 11.9. The van der Waals surface area contributed by atoms with E-state index in [1.165, 1.54) is 4.90 Å². The predicted molar refractivity (Wildman–Crippen MR) is 132 cm³/mol. The van der Waals surface area contributed by atoms with E-state index in [2.05, 4.69) is 0 Å². The van der Waals surface area contributed by atoms with Gasteiger partial charge in [0.2, 0.25) is 0 Å². The van der Waals surface area contributed by atoms with Crippen LogP contribution in [0.1, 0.15) is 36.5 Å². The lowest BCUT2D eigenvalue weighted by atomic mass is 10.1. The van der Waals surface area contributed by atoms with E-state index < -0.39 is 39.6 Å². The molecule has 0 bridgehead atoms. The number of hydrogen-bond acceptors (Lipinski definition) is 1. The first-order valence-corrected chi connectivity index (χ1v) is 11.9. The molecular weight excluding hydrogens is 541 g/mol. The summed E-state index contributed by atoms with van der Waals surface area (Å²) in [4.78, 5) is 16.1. The van der Waals surface area contributed by atoms with Crippen LogP contribution in [0, 0.1) is 0 Å². The topological polar surface area (TPSA) is 23.6 Å². The standard InChI is InChI=1S/C26H22Cl2F6N2O/c1-2-3-13-35(16-17-7-5-4-6-8-17)24(37)36(18-9-11-22(27)20(14-18)25(29,30)31)19-10-12-23(28)21(15-19)26(32,33)34/h4-12,14-15H,2-3,13,16H2,1H3. The first-order valence-electron chi connectivity index (χ1n) is 11.2. The van der Waals surface area contributed by atoms with Crippen molar-refractivity contribution < 1.29 is 31.1 Å². The molecule has 0 atom stereocenters. The summed E-state index contributed by atoms with van der Waals surface area (Å²) in [5.41, 5.74) is -2.31. The maximum atomic E-state index is 13.9. The van der Waals surface area contributed by atoms with E-state index in [4.69, 9.17) is 23.2 Å². The minimum Gasteiger partial charge on any atom is -0.320 e. The van der Waals surface area contributed by atoms with Crippen LogP contribution in [0.3, 0.4) is 0 Å². The number of carbonyl (C=O) groups excluding carboxylic acids is 1. The van der Waals surface area contributed by atoms with E-state index in [0.717, 1.165) is 34.7 Å². The fraction of sp³-hybridized carbons (Fsp3) is 0.269. The van der Waals surface area contributed by atoms with E-state index in [9.17, 15) is 31.1 Å². The summed E-state index contributed by atoms with van der Waals surface area (Å²) in [6.07, 6.45) is -8.44. The number of nitrogens with zero attached hydrogens (tertiary/aromatic N) is 2. The van der Waals surface area contributed by atoms with Gasteiger partial charge in [-0.15, -0.1) is 0 Å². The van der Waals surface area contributed by atoms with Crippen LogP contribution >= 0.6 is 23.2 Å². The van der Waals surface area contributed by atoms with Crippen molar-refractivity contribution in [2.75, 3.05) is 11.4 Å². The number of hydrogen-bond donors (Lipinski definition) is 0. The van der Waals surface area contributed by atoms with Crippen LogP contribution in [0.5, 0.6) is 0 Å². The van der Waals surface area contributed by atoms with Gasteiger partial charge in [-0.2, -0.15) is 26.3 Å². The van der Waals surface area contributed by atoms with Gasteiger partial charge in [0, 0.05) is 13.1 Å². The molecule has 0 spiro atoms. The van der Waals surface area contributed by atoms with Gasteiger partial charge in [-0.05, 0) is 48.4 Å². The SMILES string of the molecule is CCCCN(Cc1ccccc1)C(=O)N(c1ccc(Cl)c(C(F)(F)F)c1)c1ccc(Cl)c(C(F)(F)F)c1. The zero-order chi connectivity index (χ0) is 27.4. The van der Waals surface area contributed by atoms with Crippen molar-refractivity contribution in [1.29, 1.82) is 0 Å². The Kier molecular flexibility index (Phi) is 9.02. The summed E-state index contributed by atoms with van der Waals surface area (Å²) < 4.78 is 81.7. The molecule has 0 fully saturated rings. The van der Waals surface area contributed by atoms with E-state index in [0.29, 0.717) is 25.0 Å². The number of urea groups is 1. The molecule has 0 N–H and O–H groups in total. The summed E-state index contributed by atoms with van der Waals surface area (Å²) >= 11 is 11.5. The minimum absolute atomic E-state index is 0.0929. The van der Waals surface area contributed by atoms with Crippen LogP contribution < -0.4 is 4.90 Å². The molecule has 3 aromatic carbocycles. The highest BCUT2D eigenvalue weighted by atomic mass is 35.5. The van der Waals surface area contributed by atoms with Gasteiger partial charge in [0.1, 0.15) is 0 Å². The smallest absolute Gasteiger partial charge is 0.320 e. The van der Waals surface area contributed by atoms with E-state index in [1.807, 2.05) is 6.92 Å². The Balaban J connectivity index is 2.19. The first kappa shape index (κ1) is 28.7. The molecule has 3 aromatic rings. The van der Waals surface area contributed by atoms with Crippen LogP contribution in [-0.2, 0) is 18.9 Å². The molecule has 0 aliphatic rings. The zero-order valence-corrected chi connectivity index (χ0v) is 21.0. The van der Waals surface area contributed by atoms with Crippen molar-refractivity contribution in [3.05, 3.63) is 93.5 Å². The lowest BCUT2D eigenvalue weighted by molar-refractivity contribution is -0.138. The molecule has 3 rings (SSSR count). The maximum Gasteiger partial charge on any atom is 0.417 e. The second kappa shape index (κ2) is 11.6. The highest BCUT2D eigenvalue weighted by Crippen LogP contribution is 2.41. The highest BCUT2D eigenvalue weighted by molar-refractivity contribution is 6.32. The Labute approximate surface area is 220 Å². The van der Waals surface area contributed by atoms with E-state index >= 15 is 0 Å². The number of anilines is 2. The summed E-state index contributed by atoms with van der Waals surface area (Å²) in [7, 11) is 0. The third-order valence-corrected chi connectivity index (χ3v) is 6.15. The van der Waals surface area contributed by atoms with Crippen LogP contribution in [0.15, 0.2) is 66.7 Å². The number of benzene rings is 3. The van der Waals surface area contributed by atoms with Gasteiger partial charge in [0.25, 0.3) is 0 Å². The molecule has 0 saturated heterocycles. The van der Waals surface area contributed by atoms with Crippen molar-refractivity contribution in [3.8, 4) is 0 Å². The largest absolute Gasteiger partial charge is 0.417 e. The second-order valence-electron chi connectivity index (χ2n) is 8.20. The van der Waals surface area contributed by atoms with E-state index in [1.54, 1.807) is 30.3 Å². The third kappa shape index (κ3) is 7.11. The van der Waals surface area contributed by atoms with Gasteiger partial charge in [-0.25, -0.2) is 4.79 Å². The highest BCUT2D eigenvalue weighted by Gasteiger charge is 2.37. The van der Waals surface area contributed by atoms with Crippen LogP contribution in [0.2, 0.25) is 10.0 Å². The number of amides is 2. The fourth-order valence-corrected chi connectivity index (χ4v) is 4.10. The van der Waals surface area contributed by atoms with Gasteiger partial charge in [-0.1, -0.05) is 66.9 Å². The predicted octanol–water partition coefficient (Wildman–Crippen LogP) is 9.59. The fourth-order valence-electron chi connectivity index (χ4n) is 3.65. The molecule has 0 aliphatic carbocycles. The Morgan fingerprint density at radius 2 is 1.27 bits per heavy atom. The Bertz CT molecular complexity index is 1170. The first-order chi connectivity index (χ1) is 17.3. The molecule has 0 radical (unpaired) electrons. The van der Waals surface area contributed by atoms with Crippen molar-refractivity contribution in [3.63, 3.8) is 0 Å². The Morgan fingerprint density at radius 1 is 0.784 bits per heavy atom. The molecule has 0 heterocycles. The second-order valence-corrected chi connectivity index (χ2v) is 9.02. The van der Waals surface area contributed by atoms with E-state index in [-0.39, 0.29) is 24.5 Å². The minimum atomic E-state index is -4.86. The van der Waals surface area contributed by atoms with Crippen molar-refractivity contribution in [1.82, 2.24) is 4.90 Å². The van der Waals surface area contributed by atoms with Gasteiger partial charge < -0.3 is 4.90 Å². The quantitative estimate of drug-likeness (QED) is 0.263. The van der Waals surface area contributed by atoms with Crippen LogP contribution in [0.25, 0.3) is 0 Å². The average molecular weight is 563 g/mol. The molecular formula is C26H22Cl2F6N2O. The van der Waals surface area contributed by atoms with Gasteiger partial charge in [0.05, 0.1) is 32.5 Å². The molecule has 0 unspecified atom stereocenters. The van der Waals surface area contributed by atoms with Gasteiger partial charge in [0.15, 0.2) is 0 Å². The number of rotatable bonds is 7. The summed E-state index contributed by atoms with van der Waals surface area (Å²) in [5, 5.41) is -1.22. The summed E-state index contributed by atoms with van der Waals surface area (Å²) in [5.74, 6) is 0. The number of halogens is 8. The van der Waals surface area contributed by atoms with Gasteiger partial charge in [-0.3, -0.25) is 4.90 Å². The Hall–Kier alpha value is -2.91. The van der Waals surface area contributed by atoms with Crippen molar-refractivity contribution >= 4 is 40.6 Å². The molecule has 11 heteroatoms. The summed E-state index contributed by atoms with van der Waals surface area (Å²) in [6.45, 7) is 2.21. The molecule has 3 nitrogen and oxygen atoms in total. The van der Waals surface area contributed by atoms with Crippen molar-refractivity contribution in [2.24, 2.45) is 0 Å².